The highest BCUT2D eigenvalue weighted by Crippen LogP contribution is 2.36. The second-order valence-electron chi connectivity index (χ2n) is 5.83. The number of hydrogen-bond acceptors (Lipinski definition) is 3. The van der Waals surface area contributed by atoms with Gasteiger partial charge in [0.2, 0.25) is 0 Å². The molecule has 0 radical (unpaired) electrons. The van der Waals surface area contributed by atoms with Crippen LogP contribution in [0.15, 0.2) is 6.20 Å². The molecular formula is C13H19BFNO2. The monoisotopic (exact) mass is 251 g/mol. The lowest BCUT2D eigenvalue weighted by atomic mass is 9.79. The van der Waals surface area contributed by atoms with Crippen LogP contribution in [0, 0.1) is 19.7 Å². The van der Waals surface area contributed by atoms with Crippen molar-refractivity contribution in [1.29, 1.82) is 0 Å². The van der Waals surface area contributed by atoms with Crippen LogP contribution in [0.5, 0.6) is 0 Å². The summed E-state index contributed by atoms with van der Waals surface area (Å²) < 4.78 is 25.9. The standard InChI is InChI=1S/C13H19BFNO2/c1-8-9(2)16-7-10(11(8)15)14-17-12(3,4)13(5,6)18-14/h7H,1-6H3. The number of nitrogens with zero attached hydrogens (tertiary/aromatic N) is 1. The Labute approximate surface area is 108 Å². The van der Waals surface area contributed by atoms with E-state index in [0.29, 0.717) is 16.7 Å². The smallest absolute Gasteiger partial charge is 0.399 e. The van der Waals surface area contributed by atoms with Gasteiger partial charge >= 0.3 is 7.12 Å². The number of aromatic nitrogens is 1. The summed E-state index contributed by atoms with van der Waals surface area (Å²) in [6.07, 6.45) is 1.50. The fraction of sp³-hybridized carbons (Fsp3) is 0.615. The molecule has 0 atom stereocenters. The third-order valence-electron chi connectivity index (χ3n) is 4.03. The van der Waals surface area contributed by atoms with Crippen molar-refractivity contribution in [2.45, 2.75) is 52.7 Å². The Hall–Kier alpha value is -0.935. The second-order valence-corrected chi connectivity index (χ2v) is 5.83. The van der Waals surface area contributed by atoms with Gasteiger partial charge in [-0.3, -0.25) is 4.98 Å². The first-order valence-corrected chi connectivity index (χ1v) is 6.13. The third-order valence-corrected chi connectivity index (χ3v) is 4.03. The van der Waals surface area contributed by atoms with Crippen molar-refractivity contribution in [2.75, 3.05) is 0 Å². The molecule has 0 spiro atoms. The maximum absolute atomic E-state index is 14.2. The maximum atomic E-state index is 14.2. The van der Waals surface area contributed by atoms with Crippen LogP contribution in [0.3, 0.4) is 0 Å². The van der Waals surface area contributed by atoms with E-state index in [1.165, 1.54) is 6.20 Å². The zero-order valence-corrected chi connectivity index (χ0v) is 11.8. The molecule has 0 aromatic carbocycles. The molecule has 3 nitrogen and oxygen atoms in total. The number of hydrogen-bond donors (Lipinski definition) is 0. The van der Waals surface area contributed by atoms with Gasteiger partial charge in [0.1, 0.15) is 5.82 Å². The van der Waals surface area contributed by atoms with Crippen molar-refractivity contribution in [2.24, 2.45) is 0 Å². The SMILES string of the molecule is Cc1ncc(B2OC(C)(C)C(C)(C)O2)c(F)c1C. The maximum Gasteiger partial charge on any atom is 0.499 e. The molecule has 1 aromatic rings. The molecule has 1 fully saturated rings. The zero-order chi connectivity index (χ0) is 13.7. The van der Waals surface area contributed by atoms with Crippen molar-refractivity contribution < 1.29 is 13.7 Å². The van der Waals surface area contributed by atoms with Crippen LogP contribution in [-0.2, 0) is 9.31 Å². The van der Waals surface area contributed by atoms with Crippen LogP contribution in [0.2, 0.25) is 0 Å². The number of rotatable bonds is 1. The van der Waals surface area contributed by atoms with Gasteiger partial charge in [-0.25, -0.2) is 4.39 Å². The van der Waals surface area contributed by atoms with Gasteiger partial charge in [-0.2, -0.15) is 0 Å². The minimum Gasteiger partial charge on any atom is -0.399 e. The molecule has 18 heavy (non-hydrogen) atoms. The summed E-state index contributed by atoms with van der Waals surface area (Å²) in [7, 11) is -0.693. The Bertz CT molecular complexity index is 472. The molecule has 2 heterocycles. The van der Waals surface area contributed by atoms with Gasteiger partial charge in [-0.15, -0.1) is 0 Å². The molecule has 0 bridgehead atoms. The predicted octanol–water partition coefficient (Wildman–Crippen LogP) is 2.14. The molecule has 1 aromatic heterocycles. The van der Waals surface area contributed by atoms with Gasteiger partial charge in [0.25, 0.3) is 0 Å². The summed E-state index contributed by atoms with van der Waals surface area (Å²) >= 11 is 0. The Balaban J connectivity index is 2.39. The van der Waals surface area contributed by atoms with Gasteiger partial charge in [-0.05, 0) is 41.5 Å². The molecule has 1 aliphatic heterocycles. The molecule has 1 aliphatic rings. The summed E-state index contributed by atoms with van der Waals surface area (Å²) in [4.78, 5) is 4.18. The highest BCUT2D eigenvalue weighted by atomic mass is 19.1. The molecule has 2 rings (SSSR count). The lowest BCUT2D eigenvalue weighted by molar-refractivity contribution is 0.00578. The highest BCUT2D eigenvalue weighted by Gasteiger charge is 2.52. The zero-order valence-electron chi connectivity index (χ0n) is 11.8. The van der Waals surface area contributed by atoms with Gasteiger partial charge in [-0.1, -0.05) is 0 Å². The van der Waals surface area contributed by atoms with Gasteiger partial charge in [0.15, 0.2) is 0 Å². The molecular weight excluding hydrogens is 232 g/mol. The van der Waals surface area contributed by atoms with E-state index >= 15 is 0 Å². The van der Waals surface area contributed by atoms with Crippen LogP contribution in [-0.4, -0.2) is 23.3 Å². The first kappa shape index (κ1) is 13.5. The Kier molecular flexibility index (Phi) is 3.02. The van der Waals surface area contributed by atoms with Crippen LogP contribution in [0.4, 0.5) is 4.39 Å². The minimum absolute atomic E-state index is 0.291. The molecule has 1 saturated heterocycles. The summed E-state index contributed by atoms with van der Waals surface area (Å²) in [5.74, 6) is -0.291. The summed E-state index contributed by atoms with van der Waals surface area (Å²) in [6.45, 7) is 11.3. The van der Waals surface area contributed by atoms with E-state index in [0.717, 1.165) is 0 Å². The van der Waals surface area contributed by atoms with Gasteiger partial charge in [0, 0.05) is 22.9 Å². The van der Waals surface area contributed by atoms with Crippen LogP contribution in [0.1, 0.15) is 39.0 Å². The normalized spacial score (nSPS) is 21.4. The minimum atomic E-state index is -0.693. The number of aryl methyl sites for hydroxylation is 1. The molecule has 0 amide bonds. The van der Waals surface area contributed by atoms with Crippen molar-refractivity contribution in [1.82, 2.24) is 4.98 Å². The van der Waals surface area contributed by atoms with E-state index in [1.54, 1.807) is 13.8 Å². The van der Waals surface area contributed by atoms with Crippen molar-refractivity contribution in [3.05, 3.63) is 23.3 Å². The Morgan fingerprint density at radius 3 is 2.11 bits per heavy atom. The van der Waals surface area contributed by atoms with E-state index < -0.39 is 18.3 Å². The average Bonchev–Trinajstić information content (AvgIpc) is 2.45. The number of pyridine rings is 1. The van der Waals surface area contributed by atoms with Crippen molar-refractivity contribution >= 4 is 12.6 Å². The molecule has 0 saturated carbocycles. The summed E-state index contributed by atoms with van der Waals surface area (Å²) in [5.41, 5.74) is 0.665. The Morgan fingerprint density at radius 2 is 1.61 bits per heavy atom. The van der Waals surface area contributed by atoms with Gasteiger partial charge < -0.3 is 9.31 Å². The first-order valence-electron chi connectivity index (χ1n) is 6.13. The van der Waals surface area contributed by atoms with Crippen LogP contribution < -0.4 is 5.46 Å². The van der Waals surface area contributed by atoms with E-state index in [2.05, 4.69) is 4.98 Å². The lowest BCUT2D eigenvalue weighted by Gasteiger charge is -2.32. The fourth-order valence-corrected chi connectivity index (χ4v) is 1.83. The van der Waals surface area contributed by atoms with Crippen LogP contribution in [0.25, 0.3) is 0 Å². The number of halogens is 1. The molecule has 0 aliphatic carbocycles. The first-order chi connectivity index (χ1) is 8.16. The topological polar surface area (TPSA) is 31.4 Å². The van der Waals surface area contributed by atoms with E-state index in [4.69, 9.17) is 9.31 Å². The summed E-state index contributed by atoms with van der Waals surface area (Å²) in [6, 6.07) is 0. The van der Waals surface area contributed by atoms with E-state index in [9.17, 15) is 4.39 Å². The van der Waals surface area contributed by atoms with Gasteiger partial charge in [0.05, 0.1) is 11.2 Å². The molecule has 98 valence electrons. The highest BCUT2D eigenvalue weighted by molar-refractivity contribution is 6.62. The molecule has 0 unspecified atom stereocenters. The van der Waals surface area contributed by atoms with E-state index in [-0.39, 0.29) is 5.82 Å². The second kappa shape index (κ2) is 4.03. The predicted molar refractivity (Wildman–Crippen MR) is 69.4 cm³/mol. The van der Waals surface area contributed by atoms with Crippen LogP contribution >= 0.6 is 0 Å². The lowest BCUT2D eigenvalue weighted by Crippen LogP contribution is -2.41. The van der Waals surface area contributed by atoms with Crippen molar-refractivity contribution in [3.8, 4) is 0 Å². The molecule has 5 heteroatoms. The van der Waals surface area contributed by atoms with Crippen molar-refractivity contribution in [3.63, 3.8) is 0 Å². The quantitative estimate of drug-likeness (QED) is 0.716. The summed E-state index contributed by atoms with van der Waals surface area (Å²) in [5, 5.41) is 0. The van der Waals surface area contributed by atoms with E-state index in [1.807, 2.05) is 27.7 Å². The third kappa shape index (κ3) is 1.95. The molecule has 0 N–H and O–H groups in total. The largest absolute Gasteiger partial charge is 0.499 e. The fourth-order valence-electron chi connectivity index (χ4n) is 1.83. The average molecular weight is 251 g/mol. The Morgan fingerprint density at radius 1 is 1.11 bits per heavy atom.